The Kier molecular flexibility index (Phi) is 4.07. The Balaban J connectivity index is 2.96. The van der Waals surface area contributed by atoms with Crippen LogP contribution in [-0.2, 0) is 20.9 Å². The van der Waals surface area contributed by atoms with Gasteiger partial charge in [-0.3, -0.25) is 9.59 Å². The molecule has 0 spiro atoms. The Hall–Kier alpha value is -1.82. The van der Waals surface area contributed by atoms with Gasteiger partial charge in [-0.2, -0.15) is 0 Å². The summed E-state index contributed by atoms with van der Waals surface area (Å²) in [5.41, 5.74) is 0.552. The third-order valence-corrected chi connectivity index (χ3v) is 2.07. The highest BCUT2D eigenvalue weighted by atomic mass is 16.5. The highest BCUT2D eigenvalue weighted by molar-refractivity contribution is 5.82. The molecule has 6 heteroatoms. The van der Waals surface area contributed by atoms with Crippen molar-refractivity contribution >= 4 is 11.9 Å². The van der Waals surface area contributed by atoms with E-state index < -0.39 is 24.3 Å². The van der Waals surface area contributed by atoms with Gasteiger partial charge in [0.15, 0.2) is 0 Å². The van der Waals surface area contributed by atoms with E-state index in [1.165, 1.54) is 13.4 Å². The predicted molar refractivity (Wildman–Crippen MR) is 52.1 cm³/mol. The molecule has 0 aliphatic carbocycles. The summed E-state index contributed by atoms with van der Waals surface area (Å²) in [6, 6.07) is 1.57. The number of furan rings is 1. The smallest absolute Gasteiger partial charge is 0.314 e. The molecule has 6 nitrogen and oxygen atoms in total. The van der Waals surface area contributed by atoms with Crippen LogP contribution >= 0.6 is 0 Å². The summed E-state index contributed by atoms with van der Waals surface area (Å²) in [5.74, 6) is -3.46. The fourth-order valence-electron chi connectivity index (χ4n) is 1.39. The van der Waals surface area contributed by atoms with Crippen molar-refractivity contribution in [2.45, 2.75) is 18.9 Å². The van der Waals surface area contributed by atoms with Crippen LogP contribution in [0.3, 0.4) is 0 Å². The number of methoxy groups -OCH3 is 1. The van der Waals surface area contributed by atoms with E-state index in [-0.39, 0.29) is 12.4 Å². The molecule has 0 saturated heterocycles. The summed E-state index contributed by atoms with van der Waals surface area (Å²) in [6.07, 6.45) is 0.807. The molecule has 0 amide bonds. The van der Waals surface area contributed by atoms with Crippen LogP contribution in [0, 0.1) is 0 Å². The molecule has 1 aromatic rings. The van der Waals surface area contributed by atoms with Crippen molar-refractivity contribution in [3.8, 4) is 0 Å². The van der Waals surface area contributed by atoms with Crippen LogP contribution in [0.25, 0.3) is 0 Å². The first kappa shape index (κ1) is 12.3. The van der Waals surface area contributed by atoms with Gasteiger partial charge in [0, 0.05) is 12.7 Å². The minimum absolute atomic E-state index is 0.136. The third-order valence-electron chi connectivity index (χ3n) is 2.07. The fourth-order valence-corrected chi connectivity index (χ4v) is 1.39. The number of carbonyl (C=O) groups is 2. The molecule has 0 aromatic carbocycles. The largest absolute Gasteiger partial charge is 0.481 e. The summed E-state index contributed by atoms with van der Waals surface area (Å²) in [7, 11) is 1.46. The number of hydrogen-bond donors (Lipinski definition) is 2. The molecular formula is C10H12O6. The maximum atomic E-state index is 10.9. The summed E-state index contributed by atoms with van der Waals surface area (Å²) in [6.45, 7) is 0.190. The van der Waals surface area contributed by atoms with Gasteiger partial charge in [0.1, 0.15) is 11.7 Å². The van der Waals surface area contributed by atoms with E-state index in [9.17, 15) is 9.59 Å². The van der Waals surface area contributed by atoms with E-state index in [0.717, 1.165) is 0 Å². The van der Waals surface area contributed by atoms with Crippen LogP contribution in [0.15, 0.2) is 16.7 Å². The Bertz CT molecular complexity index is 380. The molecular weight excluding hydrogens is 216 g/mol. The topological polar surface area (TPSA) is 97.0 Å². The molecule has 1 rings (SSSR count). The second kappa shape index (κ2) is 5.32. The average molecular weight is 228 g/mol. The van der Waals surface area contributed by atoms with E-state index in [1.807, 2.05) is 0 Å². The Morgan fingerprint density at radius 3 is 2.69 bits per heavy atom. The van der Waals surface area contributed by atoms with Crippen molar-refractivity contribution in [1.29, 1.82) is 0 Å². The monoisotopic (exact) mass is 228 g/mol. The molecule has 1 heterocycles. The zero-order valence-corrected chi connectivity index (χ0v) is 8.67. The van der Waals surface area contributed by atoms with Crippen molar-refractivity contribution in [1.82, 2.24) is 0 Å². The molecule has 1 aromatic heterocycles. The summed E-state index contributed by atoms with van der Waals surface area (Å²) in [5, 5.41) is 17.5. The highest BCUT2D eigenvalue weighted by Gasteiger charge is 2.28. The normalized spacial score (nSPS) is 12.3. The maximum absolute atomic E-state index is 10.9. The highest BCUT2D eigenvalue weighted by Crippen LogP contribution is 2.25. The quantitative estimate of drug-likeness (QED) is 0.755. The van der Waals surface area contributed by atoms with Crippen molar-refractivity contribution in [3.63, 3.8) is 0 Å². The Morgan fingerprint density at radius 2 is 2.19 bits per heavy atom. The van der Waals surface area contributed by atoms with Gasteiger partial charge in [-0.25, -0.2) is 0 Å². The lowest BCUT2D eigenvalue weighted by atomic mass is 10.00. The lowest BCUT2D eigenvalue weighted by molar-refractivity contribution is -0.145. The molecule has 1 atom stereocenters. The number of carboxylic acid groups (broad SMARTS) is 2. The number of ether oxygens (including phenoxy) is 1. The van der Waals surface area contributed by atoms with Crippen LogP contribution in [0.5, 0.6) is 0 Å². The summed E-state index contributed by atoms with van der Waals surface area (Å²) < 4.78 is 9.88. The predicted octanol–water partition coefficient (Wildman–Crippen LogP) is 1.07. The summed E-state index contributed by atoms with van der Waals surface area (Å²) in [4.78, 5) is 21.5. The molecule has 1 unspecified atom stereocenters. The molecule has 16 heavy (non-hydrogen) atoms. The summed E-state index contributed by atoms with van der Waals surface area (Å²) >= 11 is 0. The van der Waals surface area contributed by atoms with Gasteiger partial charge in [0.25, 0.3) is 0 Å². The van der Waals surface area contributed by atoms with E-state index >= 15 is 0 Å². The third kappa shape index (κ3) is 2.83. The molecule has 2 N–H and O–H groups in total. The minimum Gasteiger partial charge on any atom is -0.481 e. The second-order valence-electron chi connectivity index (χ2n) is 3.23. The molecule has 0 bridgehead atoms. The van der Waals surface area contributed by atoms with Gasteiger partial charge in [0.05, 0.1) is 19.3 Å². The van der Waals surface area contributed by atoms with Crippen molar-refractivity contribution in [2.24, 2.45) is 0 Å². The standard InChI is InChI=1S/C10H12O6/c1-15-5-6-2-3-16-9(6)7(10(13)14)4-8(11)12/h2-3,7H,4-5H2,1H3,(H,11,12)(H,13,14). The molecule has 0 fully saturated rings. The van der Waals surface area contributed by atoms with Crippen molar-refractivity contribution < 1.29 is 29.0 Å². The molecule has 0 aliphatic rings. The van der Waals surface area contributed by atoms with Gasteiger partial charge >= 0.3 is 11.9 Å². The first-order valence-corrected chi connectivity index (χ1v) is 4.56. The van der Waals surface area contributed by atoms with Crippen molar-refractivity contribution in [2.75, 3.05) is 7.11 Å². The lowest BCUT2D eigenvalue weighted by Crippen LogP contribution is -2.16. The van der Waals surface area contributed by atoms with E-state index in [1.54, 1.807) is 6.07 Å². The SMILES string of the molecule is COCc1ccoc1C(CC(=O)O)C(=O)O. The van der Waals surface area contributed by atoms with Crippen LogP contribution < -0.4 is 0 Å². The molecule has 0 radical (unpaired) electrons. The number of carboxylic acids is 2. The number of aliphatic carboxylic acids is 2. The van der Waals surface area contributed by atoms with E-state index in [4.69, 9.17) is 19.4 Å². The first-order chi connectivity index (χ1) is 7.56. The maximum Gasteiger partial charge on any atom is 0.314 e. The first-order valence-electron chi connectivity index (χ1n) is 4.56. The van der Waals surface area contributed by atoms with E-state index in [0.29, 0.717) is 5.56 Å². The van der Waals surface area contributed by atoms with Gasteiger partial charge in [-0.1, -0.05) is 0 Å². The lowest BCUT2D eigenvalue weighted by Gasteiger charge is -2.09. The second-order valence-corrected chi connectivity index (χ2v) is 3.23. The van der Waals surface area contributed by atoms with Gasteiger partial charge in [0.2, 0.25) is 0 Å². The van der Waals surface area contributed by atoms with Crippen LogP contribution in [0.2, 0.25) is 0 Å². The molecule has 0 saturated carbocycles. The zero-order chi connectivity index (χ0) is 12.1. The molecule has 88 valence electrons. The minimum atomic E-state index is -1.23. The number of hydrogen-bond acceptors (Lipinski definition) is 4. The van der Waals surface area contributed by atoms with Crippen LogP contribution in [0.1, 0.15) is 23.7 Å². The van der Waals surface area contributed by atoms with Gasteiger partial charge in [-0.15, -0.1) is 0 Å². The Morgan fingerprint density at radius 1 is 1.50 bits per heavy atom. The number of rotatable bonds is 6. The van der Waals surface area contributed by atoms with Gasteiger partial charge < -0.3 is 19.4 Å². The van der Waals surface area contributed by atoms with Gasteiger partial charge in [-0.05, 0) is 6.07 Å². The average Bonchev–Trinajstić information content (AvgIpc) is 2.62. The zero-order valence-electron chi connectivity index (χ0n) is 8.67. The fraction of sp³-hybridized carbons (Fsp3) is 0.400. The molecule has 0 aliphatic heterocycles. The van der Waals surface area contributed by atoms with E-state index in [2.05, 4.69) is 0 Å². The Labute approximate surface area is 91.4 Å². The van der Waals surface area contributed by atoms with Crippen LogP contribution in [0.4, 0.5) is 0 Å². The van der Waals surface area contributed by atoms with Crippen molar-refractivity contribution in [3.05, 3.63) is 23.7 Å². The van der Waals surface area contributed by atoms with Crippen LogP contribution in [-0.4, -0.2) is 29.3 Å².